The van der Waals surface area contributed by atoms with Crippen LogP contribution in [0.1, 0.15) is 52.0 Å². The molecule has 0 spiro atoms. The molecule has 0 saturated carbocycles. The number of hydrogen-bond acceptors (Lipinski definition) is 4. The average Bonchev–Trinajstić information content (AvgIpc) is 2.55. The van der Waals surface area contributed by atoms with E-state index in [1.807, 2.05) is 13.0 Å². The Balaban J connectivity index is 2.20. The Bertz CT molecular complexity index is 883. The van der Waals surface area contributed by atoms with E-state index in [0.29, 0.717) is 33.3 Å². The molecule has 0 saturated heterocycles. The lowest BCUT2D eigenvalue weighted by Gasteiger charge is -2.39. The summed E-state index contributed by atoms with van der Waals surface area (Å²) >= 11 is 12.3. The normalized spacial score (nSPS) is 21.7. The highest BCUT2D eigenvalue weighted by Gasteiger charge is 2.43. The first-order valence-corrected chi connectivity index (χ1v) is 9.76. The predicted molar refractivity (Wildman–Crippen MR) is 107 cm³/mol. The molecule has 4 nitrogen and oxygen atoms in total. The fourth-order valence-electron chi connectivity index (χ4n) is 3.94. The fourth-order valence-corrected chi connectivity index (χ4v) is 4.25. The van der Waals surface area contributed by atoms with Crippen molar-refractivity contribution < 1.29 is 14.3 Å². The number of hydrogen-bond donors (Lipinski definition) is 1. The molecule has 144 valence electrons. The summed E-state index contributed by atoms with van der Waals surface area (Å²) in [6.07, 6.45) is 1.17. The molecule has 0 amide bonds. The molecule has 0 aromatic heterocycles. The molecule has 3 rings (SSSR count). The first-order chi connectivity index (χ1) is 12.6. The van der Waals surface area contributed by atoms with Crippen LogP contribution in [0.25, 0.3) is 0 Å². The number of carbonyl (C=O) groups excluding carboxylic acids is 2. The van der Waals surface area contributed by atoms with Crippen LogP contribution in [0.5, 0.6) is 0 Å². The Morgan fingerprint density at radius 1 is 1.26 bits per heavy atom. The van der Waals surface area contributed by atoms with Crippen LogP contribution in [-0.4, -0.2) is 18.4 Å². The number of nitrogens with one attached hydrogen (secondary N) is 1. The van der Waals surface area contributed by atoms with Gasteiger partial charge in [0.05, 0.1) is 22.2 Å². The minimum Gasteiger partial charge on any atom is -0.463 e. The molecular weight excluding hydrogens is 385 g/mol. The van der Waals surface area contributed by atoms with Crippen molar-refractivity contribution in [1.29, 1.82) is 0 Å². The summed E-state index contributed by atoms with van der Waals surface area (Å²) in [6, 6.07) is 5.23. The Hall–Kier alpha value is -1.78. The van der Waals surface area contributed by atoms with Gasteiger partial charge in [0.25, 0.3) is 0 Å². The summed E-state index contributed by atoms with van der Waals surface area (Å²) in [7, 11) is 0. The lowest BCUT2D eigenvalue weighted by Crippen LogP contribution is -2.38. The molecule has 1 N–H and O–H groups in total. The molecule has 0 fully saturated rings. The van der Waals surface area contributed by atoms with Crippen LogP contribution < -0.4 is 5.32 Å². The standard InChI is InChI=1S/C21H23Cl2NO3/c1-5-27-20(26)17-11(2)24-15-9-21(3,4)10-16(25)19(15)18(17)12-6-7-13(22)14(23)8-12/h6-8,18,24H,5,9-10H2,1-4H3. The molecule has 0 radical (unpaired) electrons. The second-order valence-electron chi connectivity index (χ2n) is 7.82. The molecule has 6 heteroatoms. The zero-order chi connectivity index (χ0) is 19.9. The number of ketones is 1. The van der Waals surface area contributed by atoms with Gasteiger partial charge in [-0.1, -0.05) is 43.1 Å². The van der Waals surface area contributed by atoms with Gasteiger partial charge < -0.3 is 10.1 Å². The molecule has 2 aliphatic rings. The zero-order valence-electron chi connectivity index (χ0n) is 15.9. The van der Waals surface area contributed by atoms with Crippen LogP contribution in [0, 0.1) is 5.41 Å². The highest BCUT2D eigenvalue weighted by atomic mass is 35.5. The van der Waals surface area contributed by atoms with Crippen LogP contribution in [0.3, 0.4) is 0 Å². The summed E-state index contributed by atoms with van der Waals surface area (Å²) in [5, 5.41) is 4.11. The van der Waals surface area contributed by atoms with Gasteiger partial charge in [-0.05, 0) is 43.4 Å². The van der Waals surface area contributed by atoms with Crippen molar-refractivity contribution in [3.63, 3.8) is 0 Å². The van der Waals surface area contributed by atoms with Gasteiger partial charge in [-0.3, -0.25) is 4.79 Å². The Kier molecular flexibility index (Phi) is 5.42. The van der Waals surface area contributed by atoms with Gasteiger partial charge in [-0.15, -0.1) is 0 Å². The number of dihydropyridines is 1. The van der Waals surface area contributed by atoms with Gasteiger partial charge in [0.15, 0.2) is 5.78 Å². The van der Waals surface area contributed by atoms with Gasteiger partial charge in [0.1, 0.15) is 0 Å². The van der Waals surface area contributed by atoms with E-state index in [1.54, 1.807) is 19.1 Å². The third-order valence-electron chi connectivity index (χ3n) is 5.01. The number of esters is 1. The van der Waals surface area contributed by atoms with E-state index in [4.69, 9.17) is 27.9 Å². The van der Waals surface area contributed by atoms with Crippen molar-refractivity contribution in [3.05, 3.63) is 56.3 Å². The lowest BCUT2D eigenvalue weighted by atomic mass is 9.68. The number of carbonyl (C=O) groups is 2. The monoisotopic (exact) mass is 407 g/mol. The van der Waals surface area contributed by atoms with Gasteiger partial charge in [-0.25, -0.2) is 4.79 Å². The van der Waals surface area contributed by atoms with Crippen molar-refractivity contribution in [2.24, 2.45) is 5.41 Å². The topological polar surface area (TPSA) is 55.4 Å². The Morgan fingerprint density at radius 2 is 1.96 bits per heavy atom. The number of halogens is 2. The smallest absolute Gasteiger partial charge is 0.336 e. The molecule has 0 bridgehead atoms. The van der Waals surface area contributed by atoms with E-state index in [1.165, 1.54) is 0 Å². The third kappa shape index (κ3) is 3.78. The van der Waals surface area contributed by atoms with E-state index in [9.17, 15) is 9.59 Å². The average molecular weight is 408 g/mol. The number of ether oxygens (including phenoxy) is 1. The van der Waals surface area contributed by atoms with Crippen molar-refractivity contribution in [3.8, 4) is 0 Å². The predicted octanol–water partition coefficient (Wildman–Crippen LogP) is 5.16. The summed E-state index contributed by atoms with van der Waals surface area (Å²) in [5.41, 5.74) is 3.27. The molecule has 1 atom stereocenters. The van der Waals surface area contributed by atoms with Crippen molar-refractivity contribution >= 4 is 35.0 Å². The molecule has 1 heterocycles. The van der Waals surface area contributed by atoms with Gasteiger partial charge in [-0.2, -0.15) is 0 Å². The molecule has 1 aromatic rings. The number of allylic oxidation sites excluding steroid dienone is 3. The molecule has 1 aromatic carbocycles. The number of rotatable bonds is 3. The van der Waals surface area contributed by atoms with Crippen LogP contribution in [-0.2, 0) is 14.3 Å². The van der Waals surface area contributed by atoms with E-state index >= 15 is 0 Å². The Morgan fingerprint density at radius 3 is 2.59 bits per heavy atom. The van der Waals surface area contributed by atoms with Gasteiger partial charge in [0, 0.05) is 29.3 Å². The van der Waals surface area contributed by atoms with Crippen molar-refractivity contribution in [1.82, 2.24) is 5.32 Å². The van der Waals surface area contributed by atoms with Crippen LogP contribution in [0.15, 0.2) is 40.7 Å². The van der Waals surface area contributed by atoms with Crippen LogP contribution in [0.2, 0.25) is 10.0 Å². The summed E-state index contributed by atoms with van der Waals surface area (Å²) in [4.78, 5) is 25.8. The van der Waals surface area contributed by atoms with Crippen molar-refractivity contribution in [2.75, 3.05) is 6.61 Å². The first kappa shape index (κ1) is 20.0. The SMILES string of the molecule is CCOC(=O)C1=C(C)NC2=C(C(=O)CC(C)(C)C2)C1c1ccc(Cl)c(Cl)c1. The van der Waals surface area contributed by atoms with E-state index in [-0.39, 0.29) is 17.8 Å². The highest BCUT2D eigenvalue weighted by Crippen LogP contribution is 2.47. The molecule has 1 aliphatic heterocycles. The minimum absolute atomic E-state index is 0.0409. The number of benzene rings is 1. The van der Waals surface area contributed by atoms with Gasteiger partial charge in [0.2, 0.25) is 0 Å². The largest absolute Gasteiger partial charge is 0.463 e. The zero-order valence-corrected chi connectivity index (χ0v) is 17.4. The van der Waals surface area contributed by atoms with E-state index in [2.05, 4.69) is 19.2 Å². The second-order valence-corrected chi connectivity index (χ2v) is 8.64. The maximum atomic E-state index is 13.1. The van der Waals surface area contributed by atoms with Crippen molar-refractivity contribution in [2.45, 2.75) is 46.5 Å². The molecule has 27 heavy (non-hydrogen) atoms. The molecule has 1 aliphatic carbocycles. The molecule has 1 unspecified atom stereocenters. The molecular formula is C21H23Cl2NO3. The fraction of sp³-hybridized carbons (Fsp3) is 0.429. The second kappa shape index (κ2) is 7.33. The maximum absolute atomic E-state index is 13.1. The Labute approximate surface area is 169 Å². The summed E-state index contributed by atoms with van der Waals surface area (Å²) in [5.74, 6) is -0.902. The summed E-state index contributed by atoms with van der Waals surface area (Å²) < 4.78 is 5.28. The quantitative estimate of drug-likeness (QED) is 0.702. The lowest BCUT2D eigenvalue weighted by molar-refractivity contribution is -0.138. The van der Waals surface area contributed by atoms with Crippen LogP contribution >= 0.6 is 23.2 Å². The first-order valence-electron chi connectivity index (χ1n) is 9.00. The van der Waals surface area contributed by atoms with Gasteiger partial charge >= 0.3 is 5.97 Å². The minimum atomic E-state index is -0.515. The van der Waals surface area contributed by atoms with E-state index < -0.39 is 11.9 Å². The number of Topliss-reactive ketones (excluding diaryl/α,β-unsaturated/α-hetero) is 1. The third-order valence-corrected chi connectivity index (χ3v) is 5.75. The highest BCUT2D eigenvalue weighted by molar-refractivity contribution is 6.42. The van der Waals surface area contributed by atoms with E-state index in [0.717, 1.165) is 17.7 Å². The maximum Gasteiger partial charge on any atom is 0.336 e. The van der Waals surface area contributed by atoms with Crippen LogP contribution in [0.4, 0.5) is 0 Å². The summed E-state index contributed by atoms with van der Waals surface area (Å²) in [6.45, 7) is 8.01.